The zero-order valence-electron chi connectivity index (χ0n) is 16.0. The fraction of sp³-hybridized carbons (Fsp3) is 0.316. The van der Waals surface area contributed by atoms with E-state index in [4.69, 9.17) is 4.74 Å². The van der Waals surface area contributed by atoms with Crippen LogP contribution in [0, 0.1) is 0 Å². The molecular weight excluding hydrogens is 416 g/mol. The molecule has 2 N–H and O–H groups in total. The van der Waals surface area contributed by atoms with Gasteiger partial charge >= 0.3 is 0 Å². The van der Waals surface area contributed by atoms with E-state index >= 15 is 0 Å². The molecule has 1 atom stereocenters. The fourth-order valence-electron chi connectivity index (χ4n) is 3.17. The smallest absolute Gasteiger partial charge is 0.262 e. The number of ether oxygens (including phenoxy) is 1. The van der Waals surface area contributed by atoms with E-state index in [0.29, 0.717) is 17.9 Å². The van der Waals surface area contributed by atoms with Crippen LogP contribution >= 0.6 is 0 Å². The van der Waals surface area contributed by atoms with E-state index in [2.05, 4.69) is 10.0 Å². The van der Waals surface area contributed by atoms with Crippen LogP contribution in [0.2, 0.25) is 0 Å². The summed E-state index contributed by atoms with van der Waals surface area (Å²) in [6.07, 6.45) is 0.344. The molecule has 0 aliphatic carbocycles. The third-order valence-electron chi connectivity index (χ3n) is 4.70. The Morgan fingerprint density at radius 3 is 2.34 bits per heavy atom. The van der Waals surface area contributed by atoms with Crippen molar-refractivity contribution in [2.75, 3.05) is 23.3 Å². The van der Waals surface area contributed by atoms with Crippen LogP contribution in [0.5, 0.6) is 5.75 Å². The summed E-state index contributed by atoms with van der Waals surface area (Å²) in [5.41, 5.74) is -0.287. The molecule has 1 aliphatic heterocycles. The first-order valence-corrected chi connectivity index (χ1v) is 12.1. The molecule has 1 saturated heterocycles. The van der Waals surface area contributed by atoms with Crippen LogP contribution in [0.1, 0.15) is 23.7 Å². The van der Waals surface area contributed by atoms with Crippen molar-refractivity contribution >= 4 is 31.5 Å². The first-order valence-electron chi connectivity index (χ1n) is 8.82. The van der Waals surface area contributed by atoms with Gasteiger partial charge in [-0.1, -0.05) is 12.1 Å². The van der Waals surface area contributed by atoms with Crippen molar-refractivity contribution in [1.29, 1.82) is 0 Å². The Labute approximate surface area is 170 Å². The molecule has 0 aromatic heterocycles. The summed E-state index contributed by atoms with van der Waals surface area (Å²) in [6.45, 7) is 1.69. The van der Waals surface area contributed by atoms with Gasteiger partial charge in [0.15, 0.2) is 9.84 Å². The fourth-order valence-corrected chi connectivity index (χ4v) is 6.34. The highest BCUT2D eigenvalue weighted by molar-refractivity contribution is 7.92. The normalized spacial score (nSPS) is 20.8. The van der Waals surface area contributed by atoms with Crippen LogP contribution in [0.25, 0.3) is 0 Å². The summed E-state index contributed by atoms with van der Waals surface area (Å²) in [5.74, 6) is -0.144. The van der Waals surface area contributed by atoms with Gasteiger partial charge in [-0.15, -0.1) is 0 Å². The molecular formula is C19H22N2O6S2. The van der Waals surface area contributed by atoms with Crippen molar-refractivity contribution < 1.29 is 26.4 Å². The summed E-state index contributed by atoms with van der Waals surface area (Å²) in [6, 6.07) is 12.0. The van der Waals surface area contributed by atoms with E-state index < -0.39 is 31.3 Å². The number of amides is 1. The van der Waals surface area contributed by atoms with Crippen LogP contribution in [0.15, 0.2) is 53.4 Å². The monoisotopic (exact) mass is 438 g/mol. The second kappa shape index (κ2) is 7.68. The minimum atomic E-state index is -3.88. The largest absolute Gasteiger partial charge is 0.495 e. The van der Waals surface area contributed by atoms with E-state index in [9.17, 15) is 21.6 Å². The molecule has 1 amide bonds. The Kier molecular flexibility index (Phi) is 5.59. The SMILES string of the molecule is COc1ccccc1NS(=O)(=O)c1ccc(C(=O)NC2(C)CCS(=O)(=O)C2)cc1. The lowest BCUT2D eigenvalue weighted by Crippen LogP contribution is -2.46. The lowest BCUT2D eigenvalue weighted by atomic mass is 10.0. The van der Waals surface area contributed by atoms with Crippen molar-refractivity contribution in [3.05, 3.63) is 54.1 Å². The van der Waals surface area contributed by atoms with Crippen LogP contribution in [0.3, 0.4) is 0 Å². The topological polar surface area (TPSA) is 119 Å². The van der Waals surface area contributed by atoms with Gasteiger partial charge < -0.3 is 10.1 Å². The molecule has 1 aliphatic rings. The predicted molar refractivity (Wildman–Crippen MR) is 109 cm³/mol. The number of benzene rings is 2. The number of para-hydroxylation sites is 2. The molecule has 1 unspecified atom stereocenters. The Bertz CT molecular complexity index is 1130. The van der Waals surface area contributed by atoms with Gasteiger partial charge in [-0.05, 0) is 49.7 Å². The molecule has 0 radical (unpaired) electrons. The van der Waals surface area contributed by atoms with E-state index in [1.165, 1.54) is 31.4 Å². The van der Waals surface area contributed by atoms with Crippen LogP contribution < -0.4 is 14.8 Å². The van der Waals surface area contributed by atoms with Crippen LogP contribution in [-0.2, 0) is 19.9 Å². The standard InChI is InChI=1S/C19H22N2O6S2/c1-19(11-12-28(23,24)13-19)20-18(22)14-7-9-15(10-8-14)29(25,26)21-16-5-3-4-6-17(16)27-2/h3-10,21H,11-13H2,1-2H3,(H,20,22). The van der Waals surface area contributed by atoms with Crippen LogP contribution in [-0.4, -0.2) is 46.9 Å². The number of carbonyl (C=O) groups is 1. The quantitative estimate of drug-likeness (QED) is 0.710. The third-order valence-corrected chi connectivity index (χ3v) is 7.98. The van der Waals surface area contributed by atoms with Gasteiger partial charge in [0, 0.05) is 5.56 Å². The average Bonchev–Trinajstić information content (AvgIpc) is 2.94. The van der Waals surface area contributed by atoms with Crippen molar-refractivity contribution in [2.24, 2.45) is 0 Å². The number of anilines is 1. The molecule has 0 spiro atoms. The predicted octanol–water partition coefficient (Wildman–Crippen LogP) is 1.80. The number of sulfonamides is 1. The minimum absolute atomic E-state index is 0.0189. The molecule has 10 heteroatoms. The second-order valence-corrected chi connectivity index (χ2v) is 11.1. The Morgan fingerprint density at radius 2 is 1.76 bits per heavy atom. The molecule has 156 valence electrons. The highest BCUT2D eigenvalue weighted by Gasteiger charge is 2.39. The van der Waals surface area contributed by atoms with Gasteiger partial charge in [-0.2, -0.15) is 0 Å². The summed E-state index contributed by atoms with van der Waals surface area (Å²) in [5, 5.41) is 2.74. The maximum absolute atomic E-state index is 12.6. The Morgan fingerprint density at radius 1 is 1.10 bits per heavy atom. The summed E-state index contributed by atoms with van der Waals surface area (Å²) in [4.78, 5) is 12.4. The molecule has 2 aromatic rings. The molecule has 2 aromatic carbocycles. The number of nitrogens with one attached hydrogen (secondary N) is 2. The molecule has 8 nitrogen and oxygen atoms in total. The average molecular weight is 439 g/mol. The first kappa shape index (κ1) is 21.1. The lowest BCUT2D eigenvalue weighted by molar-refractivity contribution is 0.0915. The minimum Gasteiger partial charge on any atom is -0.495 e. The number of hydrogen-bond donors (Lipinski definition) is 2. The molecule has 3 rings (SSSR count). The van der Waals surface area contributed by atoms with Crippen molar-refractivity contribution in [3.63, 3.8) is 0 Å². The van der Waals surface area contributed by atoms with Crippen LogP contribution in [0.4, 0.5) is 5.69 Å². The maximum Gasteiger partial charge on any atom is 0.262 e. The Hall–Kier alpha value is -2.59. The number of carbonyl (C=O) groups excluding carboxylic acids is 1. The number of rotatable bonds is 6. The molecule has 1 heterocycles. The number of hydrogen-bond acceptors (Lipinski definition) is 6. The highest BCUT2D eigenvalue weighted by atomic mass is 32.2. The van der Waals surface area contributed by atoms with E-state index in [1.807, 2.05) is 0 Å². The Balaban J connectivity index is 1.75. The molecule has 0 bridgehead atoms. The number of methoxy groups -OCH3 is 1. The summed E-state index contributed by atoms with van der Waals surface area (Å²) >= 11 is 0. The van der Waals surface area contributed by atoms with E-state index in [0.717, 1.165) is 0 Å². The van der Waals surface area contributed by atoms with Gasteiger partial charge in [0.2, 0.25) is 0 Å². The van der Waals surface area contributed by atoms with Gasteiger partial charge in [0.05, 0.1) is 34.7 Å². The van der Waals surface area contributed by atoms with Gasteiger partial charge in [0.1, 0.15) is 5.75 Å². The molecule has 0 saturated carbocycles. The van der Waals surface area contributed by atoms with Crippen molar-refractivity contribution in [1.82, 2.24) is 5.32 Å². The lowest BCUT2D eigenvalue weighted by Gasteiger charge is -2.23. The number of sulfone groups is 1. The molecule has 29 heavy (non-hydrogen) atoms. The van der Waals surface area contributed by atoms with Gasteiger partial charge in [-0.3, -0.25) is 9.52 Å². The van der Waals surface area contributed by atoms with E-state index in [-0.39, 0.29) is 22.0 Å². The first-order chi connectivity index (χ1) is 13.5. The van der Waals surface area contributed by atoms with Crippen molar-refractivity contribution in [3.8, 4) is 5.75 Å². The zero-order valence-corrected chi connectivity index (χ0v) is 17.6. The second-order valence-electron chi connectivity index (χ2n) is 7.19. The zero-order chi connectivity index (χ0) is 21.3. The van der Waals surface area contributed by atoms with Crippen molar-refractivity contribution in [2.45, 2.75) is 23.8 Å². The summed E-state index contributed by atoms with van der Waals surface area (Å²) < 4.78 is 56.2. The third kappa shape index (κ3) is 4.88. The summed E-state index contributed by atoms with van der Waals surface area (Å²) in [7, 11) is -5.59. The van der Waals surface area contributed by atoms with E-state index in [1.54, 1.807) is 31.2 Å². The van der Waals surface area contributed by atoms with Gasteiger partial charge in [0.25, 0.3) is 15.9 Å². The molecule has 1 fully saturated rings. The maximum atomic E-state index is 12.6. The highest BCUT2D eigenvalue weighted by Crippen LogP contribution is 2.26. The van der Waals surface area contributed by atoms with Gasteiger partial charge in [-0.25, -0.2) is 16.8 Å².